The molecule has 2 N–H and O–H groups in total. The zero-order valence-electron chi connectivity index (χ0n) is 17.7. The van der Waals surface area contributed by atoms with E-state index in [4.69, 9.17) is 9.73 Å². The lowest BCUT2D eigenvalue weighted by Gasteiger charge is -2.34. The molecule has 29 heavy (non-hydrogen) atoms. The SMILES string of the molecule is CCNC(=NCc1cccc(OC)c1)NCc1cccnc1N1CCN(C)CC1. The van der Waals surface area contributed by atoms with Gasteiger partial charge >= 0.3 is 0 Å². The van der Waals surface area contributed by atoms with E-state index in [2.05, 4.69) is 51.5 Å². The lowest BCUT2D eigenvalue weighted by atomic mass is 10.2. The van der Waals surface area contributed by atoms with Gasteiger partial charge in [-0.3, -0.25) is 0 Å². The predicted octanol–water partition coefficient (Wildman–Crippen LogP) is 2.10. The third kappa shape index (κ3) is 6.09. The number of piperazine rings is 1. The molecule has 0 unspecified atom stereocenters. The Bertz CT molecular complexity index is 801. The summed E-state index contributed by atoms with van der Waals surface area (Å²) in [6.07, 6.45) is 1.87. The first-order chi connectivity index (χ1) is 14.2. The average molecular weight is 397 g/mol. The monoisotopic (exact) mass is 396 g/mol. The van der Waals surface area contributed by atoms with E-state index in [-0.39, 0.29) is 0 Å². The highest BCUT2D eigenvalue weighted by Crippen LogP contribution is 2.18. The summed E-state index contributed by atoms with van der Waals surface area (Å²) in [5.41, 5.74) is 2.30. The van der Waals surface area contributed by atoms with Crippen LogP contribution in [0.5, 0.6) is 5.75 Å². The highest BCUT2D eigenvalue weighted by molar-refractivity contribution is 5.79. The van der Waals surface area contributed by atoms with Crippen molar-refractivity contribution in [2.75, 3.05) is 51.8 Å². The molecule has 7 nitrogen and oxygen atoms in total. The van der Waals surface area contributed by atoms with Crippen molar-refractivity contribution in [3.8, 4) is 5.75 Å². The van der Waals surface area contributed by atoms with E-state index in [1.807, 2.05) is 30.5 Å². The van der Waals surface area contributed by atoms with Crippen LogP contribution in [0.1, 0.15) is 18.1 Å². The maximum atomic E-state index is 5.30. The molecular weight excluding hydrogens is 364 g/mol. The number of hydrogen-bond donors (Lipinski definition) is 2. The Balaban J connectivity index is 1.66. The van der Waals surface area contributed by atoms with Crippen molar-refractivity contribution in [1.29, 1.82) is 0 Å². The van der Waals surface area contributed by atoms with Crippen LogP contribution in [0.15, 0.2) is 47.6 Å². The van der Waals surface area contributed by atoms with Gasteiger partial charge in [0.1, 0.15) is 11.6 Å². The normalized spacial score (nSPS) is 15.3. The van der Waals surface area contributed by atoms with E-state index in [1.54, 1.807) is 7.11 Å². The molecule has 3 rings (SSSR count). The number of aromatic nitrogens is 1. The zero-order chi connectivity index (χ0) is 20.5. The molecule has 1 saturated heterocycles. The van der Waals surface area contributed by atoms with Gasteiger partial charge in [-0.2, -0.15) is 0 Å². The Labute approximate surface area is 173 Å². The second kappa shape index (κ2) is 10.7. The smallest absolute Gasteiger partial charge is 0.191 e. The molecule has 0 radical (unpaired) electrons. The van der Waals surface area contributed by atoms with Crippen LogP contribution < -0.4 is 20.3 Å². The number of nitrogens with one attached hydrogen (secondary N) is 2. The summed E-state index contributed by atoms with van der Waals surface area (Å²) < 4.78 is 5.30. The molecule has 1 aliphatic rings. The Morgan fingerprint density at radius 3 is 2.72 bits per heavy atom. The van der Waals surface area contributed by atoms with Crippen molar-refractivity contribution in [2.45, 2.75) is 20.0 Å². The first kappa shape index (κ1) is 20.9. The summed E-state index contributed by atoms with van der Waals surface area (Å²) in [5.74, 6) is 2.71. The lowest BCUT2D eigenvalue weighted by Crippen LogP contribution is -2.45. The minimum Gasteiger partial charge on any atom is -0.497 e. The van der Waals surface area contributed by atoms with E-state index >= 15 is 0 Å². The van der Waals surface area contributed by atoms with Crippen molar-refractivity contribution < 1.29 is 4.74 Å². The predicted molar refractivity (Wildman–Crippen MR) is 119 cm³/mol. The number of aliphatic imine (C=N–C) groups is 1. The number of benzene rings is 1. The van der Waals surface area contributed by atoms with Gasteiger partial charge < -0.3 is 25.2 Å². The molecule has 0 saturated carbocycles. The molecular formula is C22H32N6O. The molecule has 1 aromatic carbocycles. The lowest BCUT2D eigenvalue weighted by molar-refractivity contribution is 0.312. The van der Waals surface area contributed by atoms with Gasteiger partial charge in [0.15, 0.2) is 5.96 Å². The highest BCUT2D eigenvalue weighted by atomic mass is 16.5. The molecule has 2 heterocycles. The van der Waals surface area contributed by atoms with Crippen molar-refractivity contribution >= 4 is 11.8 Å². The molecule has 2 aromatic rings. The Morgan fingerprint density at radius 2 is 1.97 bits per heavy atom. The van der Waals surface area contributed by atoms with Gasteiger partial charge in [0.25, 0.3) is 0 Å². The van der Waals surface area contributed by atoms with Gasteiger partial charge in [-0.25, -0.2) is 9.98 Å². The third-order valence-electron chi connectivity index (χ3n) is 5.01. The molecule has 1 aliphatic heterocycles. The third-order valence-corrected chi connectivity index (χ3v) is 5.01. The topological polar surface area (TPSA) is 65.0 Å². The minimum absolute atomic E-state index is 0.588. The van der Waals surface area contributed by atoms with E-state index in [0.29, 0.717) is 13.1 Å². The molecule has 1 fully saturated rings. The molecule has 7 heteroatoms. The molecule has 0 spiro atoms. The quantitative estimate of drug-likeness (QED) is 0.552. The summed E-state index contributed by atoms with van der Waals surface area (Å²) in [4.78, 5) is 14.1. The number of likely N-dealkylation sites (N-methyl/N-ethyl adjacent to an activating group) is 1. The zero-order valence-corrected chi connectivity index (χ0v) is 17.7. The largest absolute Gasteiger partial charge is 0.497 e. The number of rotatable bonds is 7. The van der Waals surface area contributed by atoms with Crippen LogP contribution in [-0.4, -0.2) is 62.7 Å². The van der Waals surface area contributed by atoms with E-state index in [9.17, 15) is 0 Å². The Hall–Kier alpha value is -2.80. The molecule has 0 atom stereocenters. The summed E-state index contributed by atoms with van der Waals surface area (Å²) in [5, 5.41) is 6.78. The number of pyridine rings is 1. The van der Waals surface area contributed by atoms with Crippen molar-refractivity contribution in [2.24, 2.45) is 4.99 Å². The van der Waals surface area contributed by atoms with Crippen molar-refractivity contribution in [1.82, 2.24) is 20.5 Å². The second-order valence-corrected chi connectivity index (χ2v) is 7.18. The number of ether oxygens (including phenoxy) is 1. The number of hydrogen-bond acceptors (Lipinski definition) is 5. The van der Waals surface area contributed by atoms with Gasteiger partial charge in [-0.1, -0.05) is 18.2 Å². The first-order valence-corrected chi connectivity index (χ1v) is 10.2. The van der Waals surface area contributed by atoms with E-state index in [0.717, 1.165) is 55.8 Å². The summed E-state index contributed by atoms with van der Waals surface area (Å²) in [7, 11) is 3.85. The Morgan fingerprint density at radius 1 is 1.14 bits per heavy atom. The fourth-order valence-electron chi connectivity index (χ4n) is 3.33. The summed E-state index contributed by atoms with van der Waals surface area (Å²) in [6.45, 7) is 8.28. The van der Waals surface area contributed by atoms with Crippen LogP contribution in [-0.2, 0) is 13.1 Å². The van der Waals surface area contributed by atoms with E-state index in [1.165, 1.54) is 5.56 Å². The summed E-state index contributed by atoms with van der Waals surface area (Å²) in [6, 6.07) is 12.1. The summed E-state index contributed by atoms with van der Waals surface area (Å²) >= 11 is 0. The molecule has 0 aliphatic carbocycles. The van der Waals surface area contributed by atoms with Crippen LogP contribution in [0.25, 0.3) is 0 Å². The van der Waals surface area contributed by atoms with Crippen LogP contribution in [0.4, 0.5) is 5.82 Å². The number of nitrogens with zero attached hydrogens (tertiary/aromatic N) is 4. The number of anilines is 1. The van der Waals surface area contributed by atoms with Gasteiger partial charge in [0, 0.05) is 51.0 Å². The van der Waals surface area contributed by atoms with Crippen molar-refractivity contribution in [3.05, 3.63) is 53.7 Å². The van der Waals surface area contributed by atoms with Gasteiger partial charge in [-0.15, -0.1) is 0 Å². The maximum absolute atomic E-state index is 5.30. The first-order valence-electron chi connectivity index (χ1n) is 10.2. The van der Waals surface area contributed by atoms with E-state index < -0.39 is 0 Å². The minimum atomic E-state index is 0.588. The Kier molecular flexibility index (Phi) is 7.69. The standard InChI is InChI=1S/C22H32N6O/c1-4-23-22(25-16-18-7-5-9-20(15-18)29-3)26-17-19-8-6-10-24-21(19)28-13-11-27(2)12-14-28/h5-10,15H,4,11-14,16-17H2,1-3H3,(H2,23,25,26). The maximum Gasteiger partial charge on any atom is 0.191 e. The molecule has 156 valence electrons. The van der Waals surface area contributed by atoms with Gasteiger partial charge in [0.05, 0.1) is 13.7 Å². The van der Waals surface area contributed by atoms with Crippen LogP contribution in [0.2, 0.25) is 0 Å². The molecule has 0 bridgehead atoms. The van der Waals surface area contributed by atoms with Crippen LogP contribution in [0, 0.1) is 0 Å². The van der Waals surface area contributed by atoms with Crippen molar-refractivity contribution in [3.63, 3.8) is 0 Å². The van der Waals surface area contributed by atoms with Crippen LogP contribution >= 0.6 is 0 Å². The average Bonchev–Trinajstić information content (AvgIpc) is 2.76. The highest BCUT2D eigenvalue weighted by Gasteiger charge is 2.17. The van der Waals surface area contributed by atoms with Gasteiger partial charge in [-0.05, 0) is 37.7 Å². The van der Waals surface area contributed by atoms with Crippen LogP contribution in [0.3, 0.4) is 0 Å². The molecule has 1 aromatic heterocycles. The number of methoxy groups -OCH3 is 1. The fraction of sp³-hybridized carbons (Fsp3) is 0.455. The molecule has 0 amide bonds. The van der Waals surface area contributed by atoms with Gasteiger partial charge in [0.2, 0.25) is 0 Å². The number of guanidine groups is 1. The second-order valence-electron chi connectivity index (χ2n) is 7.18. The fourth-order valence-corrected chi connectivity index (χ4v) is 3.33.